The van der Waals surface area contributed by atoms with Gasteiger partial charge in [0.25, 0.3) is 0 Å². The van der Waals surface area contributed by atoms with Gasteiger partial charge in [-0.05, 0) is 6.42 Å². The molecule has 0 saturated heterocycles. The lowest BCUT2D eigenvalue weighted by atomic mass is 10.2. The number of carboxylic acid groups (broad SMARTS) is 1. The van der Waals surface area contributed by atoms with Crippen molar-refractivity contribution in [3.63, 3.8) is 0 Å². The summed E-state index contributed by atoms with van der Waals surface area (Å²) < 4.78 is 10.3. The fraction of sp³-hybridized carbons (Fsp3) is 0.818. The number of rotatable bonds is 11. The minimum atomic E-state index is -0.962. The van der Waals surface area contributed by atoms with Gasteiger partial charge >= 0.3 is 5.97 Å². The molecule has 94 valence electrons. The van der Waals surface area contributed by atoms with Gasteiger partial charge in [-0.2, -0.15) is 0 Å². The standard InChI is InChI=1S/C11H20O5/c1-2-3-6-15-7-8-16-9-10(12)4-5-11(13)14/h2-9H2,1H3,(H,13,14). The maximum Gasteiger partial charge on any atom is 0.303 e. The Bertz CT molecular complexity index is 203. The van der Waals surface area contributed by atoms with E-state index in [4.69, 9.17) is 14.6 Å². The number of carbonyl (C=O) groups is 2. The van der Waals surface area contributed by atoms with Crippen molar-refractivity contribution in [2.45, 2.75) is 32.6 Å². The summed E-state index contributed by atoms with van der Waals surface area (Å²) in [4.78, 5) is 21.2. The molecule has 0 bridgehead atoms. The molecule has 0 fully saturated rings. The number of unbranched alkanes of at least 4 members (excludes halogenated alkanes) is 1. The van der Waals surface area contributed by atoms with E-state index in [1.54, 1.807) is 0 Å². The van der Waals surface area contributed by atoms with E-state index in [1.165, 1.54) is 0 Å². The Labute approximate surface area is 95.7 Å². The maximum atomic E-state index is 11.1. The normalized spacial score (nSPS) is 10.3. The van der Waals surface area contributed by atoms with Crippen LogP contribution in [0.25, 0.3) is 0 Å². The third-order valence-corrected chi connectivity index (χ3v) is 1.89. The van der Waals surface area contributed by atoms with Crippen LogP contribution < -0.4 is 0 Å². The molecule has 0 aromatic carbocycles. The molecule has 0 atom stereocenters. The average Bonchev–Trinajstić information content (AvgIpc) is 2.25. The first-order valence-electron chi connectivity index (χ1n) is 5.55. The average molecular weight is 232 g/mol. The highest BCUT2D eigenvalue weighted by molar-refractivity contribution is 5.83. The number of ketones is 1. The van der Waals surface area contributed by atoms with Crippen molar-refractivity contribution in [1.29, 1.82) is 0 Å². The Morgan fingerprint density at radius 3 is 2.38 bits per heavy atom. The highest BCUT2D eigenvalue weighted by Gasteiger charge is 2.05. The predicted octanol–water partition coefficient (Wildman–Crippen LogP) is 1.25. The van der Waals surface area contributed by atoms with Crippen LogP contribution in [0.2, 0.25) is 0 Å². The quantitative estimate of drug-likeness (QED) is 0.543. The van der Waals surface area contributed by atoms with E-state index in [9.17, 15) is 9.59 Å². The lowest BCUT2D eigenvalue weighted by Gasteiger charge is -2.04. The summed E-state index contributed by atoms with van der Waals surface area (Å²) in [5.41, 5.74) is 0. The van der Waals surface area contributed by atoms with Crippen molar-refractivity contribution >= 4 is 11.8 Å². The van der Waals surface area contributed by atoms with Crippen molar-refractivity contribution in [3.8, 4) is 0 Å². The summed E-state index contributed by atoms with van der Waals surface area (Å²) in [6, 6.07) is 0. The minimum Gasteiger partial charge on any atom is -0.481 e. The van der Waals surface area contributed by atoms with Gasteiger partial charge in [-0.25, -0.2) is 0 Å². The molecular formula is C11H20O5. The topological polar surface area (TPSA) is 72.8 Å². The number of ether oxygens (including phenoxy) is 2. The van der Waals surface area contributed by atoms with E-state index in [1.807, 2.05) is 0 Å². The summed E-state index contributed by atoms with van der Waals surface area (Å²) in [6.07, 6.45) is 2.02. The zero-order chi connectivity index (χ0) is 12.2. The molecule has 0 spiro atoms. The zero-order valence-corrected chi connectivity index (χ0v) is 9.74. The molecule has 0 unspecified atom stereocenters. The molecule has 0 amide bonds. The number of Topliss-reactive ketones (excluding diaryl/α,β-unsaturated/α-hetero) is 1. The van der Waals surface area contributed by atoms with Gasteiger partial charge in [-0.1, -0.05) is 13.3 Å². The summed E-state index contributed by atoms with van der Waals surface area (Å²) in [5.74, 6) is -1.15. The van der Waals surface area contributed by atoms with Gasteiger partial charge in [0.1, 0.15) is 6.61 Å². The van der Waals surface area contributed by atoms with Gasteiger partial charge in [0.15, 0.2) is 5.78 Å². The van der Waals surface area contributed by atoms with Crippen LogP contribution in [0.5, 0.6) is 0 Å². The molecule has 0 aliphatic heterocycles. The first-order valence-corrected chi connectivity index (χ1v) is 5.55. The lowest BCUT2D eigenvalue weighted by molar-refractivity contribution is -0.139. The highest BCUT2D eigenvalue weighted by atomic mass is 16.5. The third kappa shape index (κ3) is 11.1. The fourth-order valence-corrected chi connectivity index (χ4v) is 0.971. The number of carboxylic acids is 1. The Balaban J connectivity index is 3.18. The van der Waals surface area contributed by atoms with Crippen LogP contribution in [0.15, 0.2) is 0 Å². The molecule has 5 heteroatoms. The van der Waals surface area contributed by atoms with Crippen LogP contribution in [0.1, 0.15) is 32.6 Å². The summed E-state index contributed by atoms with van der Waals surface area (Å²) in [6.45, 7) is 3.63. The van der Waals surface area contributed by atoms with Gasteiger partial charge in [0, 0.05) is 13.0 Å². The number of hydrogen-bond acceptors (Lipinski definition) is 4. The van der Waals surface area contributed by atoms with Gasteiger partial charge in [-0.3, -0.25) is 9.59 Å². The Hall–Kier alpha value is -0.940. The Kier molecular flexibility index (Phi) is 9.95. The van der Waals surface area contributed by atoms with Crippen LogP contribution in [-0.2, 0) is 19.1 Å². The largest absolute Gasteiger partial charge is 0.481 e. The van der Waals surface area contributed by atoms with E-state index in [2.05, 4.69) is 6.92 Å². The molecule has 0 rings (SSSR count). The lowest BCUT2D eigenvalue weighted by Crippen LogP contribution is -2.13. The summed E-state index contributed by atoms with van der Waals surface area (Å²) in [5, 5.41) is 8.34. The molecule has 16 heavy (non-hydrogen) atoms. The molecular weight excluding hydrogens is 212 g/mol. The zero-order valence-electron chi connectivity index (χ0n) is 9.74. The first-order chi connectivity index (χ1) is 7.66. The van der Waals surface area contributed by atoms with Crippen LogP contribution in [0.4, 0.5) is 0 Å². The third-order valence-electron chi connectivity index (χ3n) is 1.89. The van der Waals surface area contributed by atoms with Crippen molar-refractivity contribution < 1.29 is 24.2 Å². The smallest absolute Gasteiger partial charge is 0.303 e. The summed E-state index contributed by atoms with van der Waals surface area (Å²) >= 11 is 0. The predicted molar refractivity (Wildman–Crippen MR) is 58.4 cm³/mol. The van der Waals surface area contributed by atoms with Crippen molar-refractivity contribution in [1.82, 2.24) is 0 Å². The van der Waals surface area contributed by atoms with E-state index in [-0.39, 0.29) is 25.2 Å². The van der Waals surface area contributed by atoms with Crippen molar-refractivity contribution in [3.05, 3.63) is 0 Å². The molecule has 0 radical (unpaired) electrons. The Morgan fingerprint density at radius 2 is 1.75 bits per heavy atom. The van der Waals surface area contributed by atoms with E-state index in [0.717, 1.165) is 12.8 Å². The summed E-state index contributed by atoms with van der Waals surface area (Å²) in [7, 11) is 0. The molecule has 0 aliphatic carbocycles. The second-order valence-corrected chi connectivity index (χ2v) is 3.45. The van der Waals surface area contributed by atoms with Crippen LogP contribution >= 0.6 is 0 Å². The molecule has 0 aromatic rings. The maximum absolute atomic E-state index is 11.1. The first kappa shape index (κ1) is 15.1. The van der Waals surface area contributed by atoms with E-state index < -0.39 is 5.97 Å². The molecule has 0 heterocycles. The monoisotopic (exact) mass is 232 g/mol. The van der Waals surface area contributed by atoms with Crippen molar-refractivity contribution in [2.75, 3.05) is 26.4 Å². The van der Waals surface area contributed by atoms with Gasteiger partial charge < -0.3 is 14.6 Å². The molecule has 5 nitrogen and oxygen atoms in total. The van der Waals surface area contributed by atoms with Crippen LogP contribution in [0, 0.1) is 0 Å². The van der Waals surface area contributed by atoms with Gasteiger partial charge in [0.2, 0.25) is 0 Å². The molecule has 0 aromatic heterocycles. The fourth-order valence-electron chi connectivity index (χ4n) is 0.971. The molecule has 1 N–H and O–H groups in total. The second-order valence-electron chi connectivity index (χ2n) is 3.45. The van der Waals surface area contributed by atoms with Gasteiger partial charge in [0.05, 0.1) is 19.6 Å². The molecule has 0 aliphatic rings. The van der Waals surface area contributed by atoms with Crippen LogP contribution in [0.3, 0.4) is 0 Å². The van der Waals surface area contributed by atoms with Gasteiger partial charge in [-0.15, -0.1) is 0 Å². The number of hydrogen-bond donors (Lipinski definition) is 1. The van der Waals surface area contributed by atoms with E-state index >= 15 is 0 Å². The van der Waals surface area contributed by atoms with E-state index in [0.29, 0.717) is 19.8 Å². The number of carbonyl (C=O) groups excluding carboxylic acids is 1. The SMILES string of the molecule is CCCCOCCOCC(=O)CCC(=O)O. The minimum absolute atomic E-state index is 0.0234. The Morgan fingerprint density at radius 1 is 1.06 bits per heavy atom. The molecule has 0 saturated carbocycles. The van der Waals surface area contributed by atoms with Crippen LogP contribution in [-0.4, -0.2) is 43.3 Å². The highest BCUT2D eigenvalue weighted by Crippen LogP contribution is 1.92. The van der Waals surface area contributed by atoms with Crippen molar-refractivity contribution in [2.24, 2.45) is 0 Å². The second kappa shape index (κ2) is 10.6. The number of aliphatic carboxylic acids is 1.